The number of esters is 2. The molecule has 58 heavy (non-hydrogen) atoms. The third-order valence-electron chi connectivity index (χ3n) is 12.4. The third kappa shape index (κ3) is 8.54. The van der Waals surface area contributed by atoms with E-state index < -0.39 is 0 Å². The van der Waals surface area contributed by atoms with E-state index in [1.165, 1.54) is 14.2 Å². The van der Waals surface area contributed by atoms with E-state index in [0.29, 0.717) is 60.8 Å². The molecule has 0 radical (unpaired) electrons. The van der Waals surface area contributed by atoms with Gasteiger partial charge in [0.05, 0.1) is 26.1 Å². The Labute approximate surface area is 339 Å². The lowest BCUT2D eigenvalue weighted by Crippen LogP contribution is -2.24. The maximum Gasteiger partial charge on any atom is 0.310 e. The Hall–Kier alpha value is -5.46. The zero-order valence-electron chi connectivity index (χ0n) is 33.8. The first-order valence-corrected chi connectivity index (χ1v) is 20.5. The summed E-state index contributed by atoms with van der Waals surface area (Å²) in [6, 6.07) is 15.6. The van der Waals surface area contributed by atoms with Gasteiger partial charge in [0.25, 0.3) is 11.8 Å². The van der Waals surface area contributed by atoms with Gasteiger partial charge in [0, 0.05) is 49.9 Å². The van der Waals surface area contributed by atoms with Crippen LogP contribution in [0.25, 0.3) is 11.1 Å². The van der Waals surface area contributed by atoms with Crippen molar-refractivity contribution in [2.75, 3.05) is 51.0 Å². The summed E-state index contributed by atoms with van der Waals surface area (Å²) in [7, 11) is 2.88. The minimum absolute atomic E-state index is 0.102. The highest BCUT2D eigenvalue weighted by atomic mass is 16.5. The molecule has 2 aliphatic carbocycles. The standard InChI is InChI=1S/C46H52N6O6/c1-27-35(7-5-9-39(27)49-43(53)41-19-37(29-11-12-29)33(21-47-41)25-51-17-15-31(23-51)45(55)57-3)36-8-6-10-40(28(36)2)50-44(54)42-20-38(30-13-14-30)34(22-48-42)26-52-18-16-32(24-52)46(56)58-4/h5-10,19-22,29-32H,11-18,23-26H2,1-4H3,(H,49,53)(H,50,54)/t31-,32-/m1/s1. The molecule has 4 heterocycles. The van der Waals surface area contributed by atoms with Gasteiger partial charge in [-0.1, -0.05) is 24.3 Å². The molecule has 2 aromatic heterocycles. The predicted molar refractivity (Wildman–Crippen MR) is 220 cm³/mol. The molecule has 2 atom stereocenters. The van der Waals surface area contributed by atoms with Crippen LogP contribution < -0.4 is 10.6 Å². The Kier molecular flexibility index (Phi) is 11.4. The highest BCUT2D eigenvalue weighted by Gasteiger charge is 2.34. The van der Waals surface area contributed by atoms with Crippen molar-refractivity contribution in [3.05, 3.63) is 106 Å². The number of carbonyl (C=O) groups excluding carboxylic acids is 4. The largest absolute Gasteiger partial charge is 0.469 e. The Morgan fingerprint density at radius 1 is 0.638 bits per heavy atom. The first-order valence-electron chi connectivity index (χ1n) is 20.5. The van der Waals surface area contributed by atoms with Gasteiger partial charge in [0.1, 0.15) is 11.4 Å². The molecule has 4 fully saturated rings. The lowest BCUT2D eigenvalue weighted by Gasteiger charge is -2.19. The molecule has 2 N–H and O–H groups in total. The Morgan fingerprint density at radius 2 is 1.05 bits per heavy atom. The van der Waals surface area contributed by atoms with Crippen LogP contribution in [0.15, 0.2) is 60.9 Å². The molecule has 4 aromatic rings. The maximum atomic E-state index is 13.7. The van der Waals surface area contributed by atoms with Gasteiger partial charge in [0.15, 0.2) is 0 Å². The summed E-state index contributed by atoms with van der Waals surface area (Å²) in [5, 5.41) is 6.24. The fourth-order valence-electron chi connectivity index (χ4n) is 8.71. The number of rotatable bonds is 13. The summed E-state index contributed by atoms with van der Waals surface area (Å²) in [5.74, 6) is -0.223. The van der Waals surface area contributed by atoms with Gasteiger partial charge in [-0.25, -0.2) is 0 Å². The van der Waals surface area contributed by atoms with Gasteiger partial charge in [-0.05, 0) is 146 Å². The predicted octanol–water partition coefficient (Wildman–Crippen LogP) is 7.01. The average Bonchev–Trinajstić information content (AvgIpc) is 4.17. The summed E-state index contributed by atoms with van der Waals surface area (Å²) in [4.78, 5) is 65.3. The van der Waals surface area contributed by atoms with Crippen molar-refractivity contribution in [3.8, 4) is 11.1 Å². The van der Waals surface area contributed by atoms with E-state index in [1.54, 1.807) is 0 Å². The Balaban J connectivity index is 0.950. The first kappa shape index (κ1) is 39.4. The molecule has 4 aliphatic rings. The topological polar surface area (TPSA) is 143 Å². The van der Waals surface area contributed by atoms with Gasteiger partial charge >= 0.3 is 11.9 Å². The van der Waals surface area contributed by atoms with Gasteiger partial charge in [-0.15, -0.1) is 0 Å². The number of anilines is 2. The van der Waals surface area contributed by atoms with E-state index in [4.69, 9.17) is 9.47 Å². The van der Waals surface area contributed by atoms with Crippen molar-refractivity contribution < 1.29 is 28.7 Å². The summed E-state index contributed by atoms with van der Waals surface area (Å²) >= 11 is 0. The molecule has 0 spiro atoms. The SMILES string of the molecule is COC(=O)[C@@H]1CCN(Cc2cnc(C(=O)Nc3cccc(-c4cccc(NC(=O)c5cc(C6CC6)c(CN6CC[C@@H](C(=O)OC)C6)cn5)c4C)c3C)cc2C2CC2)C1. The van der Waals surface area contributed by atoms with Crippen LogP contribution in [0.2, 0.25) is 0 Å². The number of benzene rings is 2. The molecular formula is C46H52N6O6. The molecule has 2 aliphatic heterocycles. The first-order chi connectivity index (χ1) is 28.1. The van der Waals surface area contributed by atoms with Gasteiger partial charge in [0.2, 0.25) is 0 Å². The zero-order valence-corrected chi connectivity index (χ0v) is 33.8. The number of ether oxygens (including phenoxy) is 2. The number of pyridine rings is 2. The molecular weight excluding hydrogens is 733 g/mol. The van der Waals surface area contributed by atoms with E-state index in [1.807, 2.05) is 74.8 Å². The fourth-order valence-corrected chi connectivity index (χ4v) is 8.71. The molecule has 2 saturated carbocycles. The average molecular weight is 785 g/mol. The highest BCUT2D eigenvalue weighted by Crippen LogP contribution is 2.44. The van der Waals surface area contributed by atoms with Crippen LogP contribution in [0.4, 0.5) is 11.4 Å². The van der Waals surface area contributed by atoms with Crippen molar-refractivity contribution in [2.45, 2.75) is 77.3 Å². The maximum absolute atomic E-state index is 13.7. The number of nitrogens with zero attached hydrogens (tertiary/aromatic N) is 4. The second-order valence-electron chi connectivity index (χ2n) is 16.4. The second kappa shape index (κ2) is 16.8. The minimum Gasteiger partial charge on any atom is -0.469 e. The lowest BCUT2D eigenvalue weighted by molar-refractivity contribution is -0.145. The van der Waals surface area contributed by atoms with E-state index in [0.717, 1.165) is 96.1 Å². The third-order valence-corrected chi connectivity index (χ3v) is 12.4. The number of hydrogen-bond acceptors (Lipinski definition) is 10. The molecule has 302 valence electrons. The number of aromatic nitrogens is 2. The molecule has 0 unspecified atom stereocenters. The van der Waals surface area contributed by atoms with Crippen LogP contribution >= 0.6 is 0 Å². The number of amides is 2. The Bertz CT molecular complexity index is 2090. The zero-order chi connectivity index (χ0) is 40.5. The number of hydrogen-bond donors (Lipinski definition) is 2. The molecule has 2 saturated heterocycles. The smallest absolute Gasteiger partial charge is 0.310 e. The van der Waals surface area contributed by atoms with Crippen molar-refractivity contribution in [2.24, 2.45) is 11.8 Å². The number of likely N-dealkylation sites (tertiary alicyclic amines) is 2. The van der Waals surface area contributed by atoms with Gasteiger partial charge < -0.3 is 20.1 Å². The molecule has 8 rings (SSSR count). The van der Waals surface area contributed by atoms with E-state index >= 15 is 0 Å². The van der Waals surface area contributed by atoms with E-state index in [-0.39, 0.29) is 35.6 Å². The monoisotopic (exact) mass is 784 g/mol. The van der Waals surface area contributed by atoms with Gasteiger partial charge in [-0.3, -0.25) is 38.9 Å². The summed E-state index contributed by atoms with van der Waals surface area (Å²) in [5.41, 5.74) is 10.3. The Morgan fingerprint density at radius 3 is 1.43 bits per heavy atom. The van der Waals surface area contributed by atoms with Crippen LogP contribution in [0, 0.1) is 25.7 Å². The molecule has 2 amide bonds. The molecule has 0 bridgehead atoms. The van der Waals surface area contributed by atoms with Crippen molar-refractivity contribution >= 4 is 35.1 Å². The quantitative estimate of drug-likeness (QED) is 0.136. The summed E-state index contributed by atoms with van der Waals surface area (Å²) in [6.07, 6.45) is 9.59. The van der Waals surface area contributed by atoms with E-state index in [2.05, 4.69) is 30.4 Å². The van der Waals surface area contributed by atoms with Crippen LogP contribution in [0.5, 0.6) is 0 Å². The fraction of sp³-hybridized carbons (Fsp3) is 0.435. The number of carbonyl (C=O) groups is 4. The molecule has 2 aromatic carbocycles. The van der Waals surface area contributed by atoms with Crippen LogP contribution in [0.1, 0.15) is 105 Å². The van der Waals surface area contributed by atoms with Crippen molar-refractivity contribution in [1.82, 2.24) is 19.8 Å². The summed E-state index contributed by atoms with van der Waals surface area (Å²) < 4.78 is 9.93. The van der Waals surface area contributed by atoms with Crippen molar-refractivity contribution in [1.29, 1.82) is 0 Å². The summed E-state index contributed by atoms with van der Waals surface area (Å²) in [6.45, 7) is 8.34. The number of nitrogens with one attached hydrogen (secondary N) is 2. The molecule has 12 heteroatoms. The highest BCUT2D eigenvalue weighted by molar-refractivity contribution is 6.05. The van der Waals surface area contributed by atoms with E-state index in [9.17, 15) is 19.2 Å². The number of methoxy groups -OCH3 is 2. The van der Waals surface area contributed by atoms with Crippen molar-refractivity contribution in [3.63, 3.8) is 0 Å². The second-order valence-corrected chi connectivity index (χ2v) is 16.4. The normalized spacial score (nSPS) is 19.5. The lowest BCUT2D eigenvalue weighted by atomic mass is 9.94. The van der Waals surface area contributed by atoms with Crippen LogP contribution in [0.3, 0.4) is 0 Å². The molecule has 12 nitrogen and oxygen atoms in total. The van der Waals surface area contributed by atoms with Crippen LogP contribution in [-0.2, 0) is 32.2 Å². The van der Waals surface area contributed by atoms with Gasteiger partial charge in [-0.2, -0.15) is 0 Å². The minimum atomic E-state index is -0.270. The van der Waals surface area contributed by atoms with Crippen LogP contribution in [-0.4, -0.2) is 83.9 Å².